The van der Waals surface area contributed by atoms with Gasteiger partial charge in [-0.3, -0.25) is 4.79 Å². The molecular weight excluding hydrogens is 234 g/mol. The first kappa shape index (κ1) is 14.3. The second kappa shape index (κ2) is 5.27. The summed E-state index contributed by atoms with van der Waals surface area (Å²) in [6.07, 6.45) is 0. The molecule has 0 N–H and O–H groups in total. The van der Waals surface area contributed by atoms with E-state index in [1.54, 1.807) is 39.0 Å². The number of hydroxylamine groups is 2. The van der Waals surface area contributed by atoms with Crippen LogP contribution in [-0.4, -0.2) is 30.7 Å². The van der Waals surface area contributed by atoms with Crippen molar-refractivity contribution in [3.63, 3.8) is 0 Å². The first-order valence-corrected chi connectivity index (χ1v) is 5.55. The van der Waals surface area contributed by atoms with E-state index in [-0.39, 0.29) is 5.56 Å². The Morgan fingerprint density at radius 1 is 1.17 bits per heavy atom. The van der Waals surface area contributed by atoms with Gasteiger partial charge in [-0.15, -0.1) is 0 Å². The smallest absolute Gasteiger partial charge is 0.251 e. The molecule has 1 amide bonds. The first-order valence-electron chi connectivity index (χ1n) is 5.55. The monoisotopic (exact) mass is 252 g/mol. The lowest BCUT2D eigenvalue weighted by Gasteiger charge is -2.41. The van der Waals surface area contributed by atoms with E-state index in [9.17, 15) is 10.0 Å². The van der Waals surface area contributed by atoms with Gasteiger partial charge in [0.25, 0.3) is 5.91 Å². The summed E-state index contributed by atoms with van der Waals surface area (Å²) in [7, 11) is 2.88. The Kier molecular flexibility index (Phi) is 4.19. The zero-order chi connectivity index (χ0) is 13.9. The van der Waals surface area contributed by atoms with Crippen molar-refractivity contribution in [2.75, 3.05) is 14.2 Å². The molecule has 0 heterocycles. The molecule has 1 rings (SSSR count). The molecule has 0 saturated carbocycles. The maximum absolute atomic E-state index is 12.2. The van der Waals surface area contributed by atoms with E-state index >= 15 is 0 Å². The fourth-order valence-corrected chi connectivity index (χ4v) is 1.47. The van der Waals surface area contributed by atoms with Gasteiger partial charge in [-0.05, 0) is 32.9 Å². The second-order valence-corrected chi connectivity index (χ2v) is 4.81. The molecule has 1 aromatic rings. The normalized spacial score (nSPS) is 11.0. The number of hydrogen-bond donors (Lipinski definition) is 0. The summed E-state index contributed by atoms with van der Waals surface area (Å²) in [5.74, 6) is -0.0225. The van der Waals surface area contributed by atoms with Crippen LogP contribution in [0, 0.1) is 5.21 Å². The van der Waals surface area contributed by atoms with Crippen molar-refractivity contribution in [1.29, 1.82) is 0 Å². The second-order valence-electron chi connectivity index (χ2n) is 4.81. The molecule has 0 fully saturated rings. The summed E-state index contributed by atoms with van der Waals surface area (Å²) in [5.41, 5.74) is -0.671. The number of hydrogen-bond acceptors (Lipinski definition) is 4. The largest absolute Gasteiger partial charge is 0.756 e. The van der Waals surface area contributed by atoms with Gasteiger partial charge in [0.15, 0.2) is 0 Å². The number of nitrogens with zero attached hydrogens (tertiary/aromatic N) is 1. The van der Waals surface area contributed by atoms with Crippen molar-refractivity contribution in [1.82, 2.24) is 5.06 Å². The maximum Gasteiger partial charge on any atom is 0.251 e. The molecule has 18 heavy (non-hydrogen) atoms. The van der Waals surface area contributed by atoms with Crippen LogP contribution >= 0.6 is 0 Å². The van der Waals surface area contributed by atoms with E-state index in [0.717, 1.165) is 0 Å². The Balaban J connectivity index is 3.27. The highest BCUT2D eigenvalue weighted by molar-refractivity contribution is 6.00. The van der Waals surface area contributed by atoms with Gasteiger partial charge in [0, 0.05) is 5.54 Å². The van der Waals surface area contributed by atoms with Gasteiger partial charge in [0.05, 0.1) is 14.2 Å². The molecule has 0 radical (unpaired) electrons. The maximum atomic E-state index is 12.2. The predicted octanol–water partition coefficient (Wildman–Crippen LogP) is 2.44. The van der Waals surface area contributed by atoms with Crippen LogP contribution in [0.15, 0.2) is 18.2 Å². The molecule has 0 aliphatic rings. The van der Waals surface area contributed by atoms with Crippen molar-refractivity contribution in [2.24, 2.45) is 0 Å². The van der Waals surface area contributed by atoms with Gasteiger partial charge in [0.1, 0.15) is 17.1 Å². The quantitative estimate of drug-likeness (QED) is 0.775. The number of rotatable bonds is 3. The fourth-order valence-electron chi connectivity index (χ4n) is 1.47. The number of ether oxygens (including phenoxy) is 2. The van der Waals surface area contributed by atoms with E-state index in [0.29, 0.717) is 16.6 Å². The van der Waals surface area contributed by atoms with Crippen molar-refractivity contribution in [3.8, 4) is 11.5 Å². The van der Waals surface area contributed by atoms with Crippen molar-refractivity contribution < 1.29 is 14.3 Å². The highest BCUT2D eigenvalue weighted by Gasteiger charge is 2.25. The molecule has 0 spiro atoms. The zero-order valence-corrected chi connectivity index (χ0v) is 11.3. The standard InChI is InChI=1S/C13H18NO4/c1-13(2,3)14(16)12(15)11-9(17-4)7-6-8-10(11)18-5/h6-8H,1-5H3/q-1. The van der Waals surface area contributed by atoms with Crippen LogP contribution in [0.4, 0.5) is 0 Å². The average molecular weight is 252 g/mol. The molecular formula is C13H18NO4-. The lowest BCUT2D eigenvalue weighted by molar-refractivity contribution is 0.0698. The Bertz CT molecular complexity index is 415. The van der Waals surface area contributed by atoms with E-state index in [4.69, 9.17) is 9.47 Å². The van der Waals surface area contributed by atoms with Gasteiger partial charge >= 0.3 is 0 Å². The number of carbonyl (C=O) groups is 1. The summed E-state index contributed by atoms with van der Waals surface area (Å²) in [5, 5.41) is 12.4. The molecule has 0 aromatic heterocycles. The topological polar surface area (TPSA) is 61.8 Å². The molecule has 100 valence electrons. The van der Waals surface area contributed by atoms with Crippen molar-refractivity contribution in [3.05, 3.63) is 29.0 Å². The molecule has 0 aliphatic carbocycles. The molecule has 1 aromatic carbocycles. The van der Waals surface area contributed by atoms with Crippen LogP contribution in [0.25, 0.3) is 0 Å². The third kappa shape index (κ3) is 2.73. The van der Waals surface area contributed by atoms with Gasteiger partial charge in [-0.1, -0.05) is 6.07 Å². The van der Waals surface area contributed by atoms with Crippen molar-refractivity contribution >= 4 is 5.91 Å². The van der Waals surface area contributed by atoms with Crippen LogP contribution in [0.1, 0.15) is 31.1 Å². The van der Waals surface area contributed by atoms with E-state index in [1.807, 2.05) is 0 Å². The number of benzene rings is 1. The van der Waals surface area contributed by atoms with Gasteiger partial charge in [-0.25, -0.2) is 0 Å². The molecule has 5 nitrogen and oxygen atoms in total. The number of carbonyl (C=O) groups excluding carboxylic acids is 1. The number of methoxy groups -OCH3 is 2. The third-order valence-electron chi connectivity index (χ3n) is 2.44. The van der Waals surface area contributed by atoms with Crippen LogP contribution in [0.2, 0.25) is 0 Å². The van der Waals surface area contributed by atoms with Crippen LogP contribution in [0.5, 0.6) is 11.5 Å². The van der Waals surface area contributed by atoms with E-state index < -0.39 is 11.4 Å². The van der Waals surface area contributed by atoms with E-state index in [1.165, 1.54) is 14.2 Å². The summed E-state index contributed by atoms with van der Waals surface area (Å²) in [4.78, 5) is 12.2. The molecule has 0 bridgehead atoms. The van der Waals surface area contributed by atoms with Gasteiger partial charge < -0.3 is 19.7 Å². The molecule has 0 aliphatic heterocycles. The minimum absolute atomic E-state index is 0.146. The molecule has 0 saturated heterocycles. The Morgan fingerprint density at radius 3 is 1.94 bits per heavy atom. The summed E-state index contributed by atoms with van der Waals surface area (Å²) >= 11 is 0. The zero-order valence-electron chi connectivity index (χ0n) is 11.3. The van der Waals surface area contributed by atoms with Crippen LogP contribution in [0.3, 0.4) is 0 Å². The highest BCUT2D eigenvalue weighted by Crippen LogP contribution is 2.31. The Hall–Kier alpha value is -1.75. The lowest BCUT2D eigenvalue weighted by Crippen LogP contribution is -2.41. The predicted molar refractivity (Wildman–Crippen MR) is 68.8 cm³/mol. The van der Waals surface area contributed by atoms with Crippen molar-refractivity contribution in [2.45, 2.75) is 26.3 Å². The average Bonchev–Trinajstić information content (AvgIpc) is 2.34. The molecule has 5 heteroatoms. The molecule has 0 unspecified atom stereocenters. The minimum Gasteiger partial charge on any atom is -0.756 e. The van der Waals surface area contributed by atoms with Gasteiger partial charge in [-0.2, -0.15) is 0 Å². The summed E-state index contributed by atoms with van der Waals surface area (Å²) in [6.45, 7) is 5.00. The fraction of sp³-hybridized carbons (Fsp3) is 0.462. The first-order chi connectivity index (χ1) is 8.32. The Morgan fingerprint density at radius 2 is 1.61 bits per heavy atom. The third-order valence-corrected chi connectivity index (χ3v) is 2.44. The molecule has 0 atom stereocenters. The van der Waals surface area contributed by atoms with E-state index in [2.05, 4.69) is 0 Å². The van der Waals surface area contributed by atoms with Crippen LogP contribution < -0.4 is 9.47 Å². The minimum atomic E-state index is -0.817. The van der Waals surface area contributed by atoms with Gasteiger partial charge in [0.2, 0.25) is 0 Å². The highest BCUT2D eigenvalue weighted by atomic mass is 16.5. The SMILES string of the molecule is COc1cccc(OC)c1C(=O)N([O-])C(C)(C)C. The number of amides is 1. The summed E-state index contributed by atoms with van der Waals surface area (Å²) in [6, 6.07) is 4.93. The van der Waals surface area contributed by atoms with Crippen LogP contribution in [-0.2, 0) is 0 Å². The Labute approximate surface area is 107 Å². The summed E-state index contributed by atoms with van der Waals surface area (Å²) < 4.78 is 10.2. The lowest BCUT2D eigenvalue weighted by atomic mass is 10.1.